The highest BCUT2D eigenvalue weighted by Crippen LogP contribution is 2.28. The number of pyridine rings is 3. The Kier molecular flexibility index (Phi) is 13.0. The second-order valence-corrected chi connectivity index (χ2v) is 14.2. The summed E-state index contributed by atoms with van der Waals surface area (Å²) in [6.07, 6.45) is 3.77. The summed E-state index contributed by atoms with van der Waals surface area (Å²) in [5.74, 6) is 0. The molecule has 3 aromatic heterocycles. The summed E-state index contributed by atoms with van der Waals surface area (Å²) in [5, 5.41) is 0. The molecule has 0 amide bonds. The van der Waals surface area contributed by atoms with E-state index >= 15 is 0 Å². The van der Waals surface area contributed by atoms with Crippen LogP contribution in [0.3, 0.4) is 0 Å². The van der Waals surface area contributed by atoms with Crippen LogP contribution in [-0.2, 0) is 63.3 Å². The molecule has 0 unspecified atom stereocenters. The number of anilines is 1. The van der Waals surface area contributed by atoms with Crippen molar-refractivity contribution in [1.82, 2.24) is 15.0 Å². The highest BCUT2D eigenvalue weighted by molar-refractivity contribution is 5.72. The van der Waals surface area contributed by atoms with Gasteiger partial charge in [0.1, 0.15) is 0 Å². The van der Waals surface area contributed by atoms with E-state index in [0.29, 0.717) is 66.1 Å². The third-order valence-corrected chi connectivity index (χ3v) is 9.88. The Hall–Kier alpha value is -6.07. The highest BCUT2D eigenvalue weighted by Gasteiger charge is 2.10. The minimum absolute atomic E-state index is 0.365. The molecule has 7 heterocycles. The molecule has 9 nitrogen and oxygen atoms in total. The monoisotopic (exact) mass is 770 g/mol. The van der Waals surface area contributed by atoms with Crippen LogP contribution in [0.15, 0.2) is 146 Å². The van der Waals surface area contributed by atoms with E-state index in [2.05, 4.69) is 102 Å². The number of nitrogens with two attached hydrogens (primary N) is 1. The van der Waals surface area contributed by atoms with Crippen LogP contribution in [0.4, 0.5) is 5.69 Å². The Bertz CT molecular complexity index is 2270. The molecule has 0 saturated carbocycles. The molecule has 58 heavy (non-hydrogen) atoms. The smallest absolute Gasteiger partial charge is 0.0892 e. The minimum Gasteiger partial charge on any atom is -0.399 e. The van der Waals surface area contributed by atoms with E-state index in [4.69, 9.17) is 39.4 Å². The molecule has 6 bridgehead atoms. The lowest BCUT2D eigenvalue weighted by Gasteiger charge is -2.12. The van der Waals surface area contributed by atoms with Crippen molar-refractivity contribution in [2.75, 3.05) is 32.2 Å². The topological polar surface area (TPSA) is 111 Å². The van der Waals surface area contributed by atoms with Crippen LogP contribution < -0.4 is 5.73 Å². The fourth-order valence-corrected chi connectivity index (χ4v) is 6.66. The number of hydrogen-bond acceptors (Lipinski definition) is 9. The lowest BCUT2D eigenvalue weighted by molar-refractivity contribution is 0.00702. The van der Waals surface area contributed by atoms with E-state index in [-0.39, 0.29) is 0 Å². The number of hydrogen-bond donors (Lipinski definition) is 1. The van der Waals surface area contributed by atoms with Gasteiger partial charge in [-0.25, -0.2) is 0 Å². The molecule has 0 spiro atoms. The molecule has 0 radical (unpaired) electrons. The van der Waals surface area contributed by atoms with Gasteiger partial charge < -0.3 is 29.4 Å². The maximum absolute atomic E-state index is 6.19. The molecule has 11 rings (SSSR count). The second kappa shape index (κ2) is 19.4. The first kappa shape index (κ1) is 38.8. The van der Waals surface area contributed by atoms with Crippen LogP contribution in [-0.4, -0.2) is 41.4 Å². The average molecular weight is 771 g/mol. The number of aromatic nitrogens is 3. The Morgan fingerprint density at radius 3 is 1.12 bits per heavy atom. The predicted octanol–water partition coefficient (Wildman–Crippen LogP) is 9.62. The third kappa shape index (κ3) is 10.7. The first-order chi connectivity index (χ1) is 28.6. The number of nitrogens with zero attached hydrogens (tertiary/aromatic N) is 3. The van der Waals surface area contributed by atoms with Crippen molar-refractivity contribution >= 4 is 5.69 Å². The molecular formula is C49H46N4O5. The van der Waals surface area contributed by atoms with Gasteiger partial charge in [0, 0.05) is 29.2 Å². The van der Waals surface area contributed by atoms with E-state index in [1.165, 1.54) is 0 Å². The third-order valence-electron chi connectivity index (χ3n) is 9.88. The van der Waals surface area contributed by atoms with Crippen molar-refractivity contribution in [1.29, 1.82) is 0 Å². The van der Waals surface area contributed by atoms with Crippen LogP contribution >= 0.6 is 0 Å². The molecular weight excluding hydrogens is 725 g/mol. The molecule has 4 aliphatic rings. The van der Waals surface area contributed by atoms with Crippen molar-refractivity contribution < 1.29 is 23.7 Å². The van der Waals surface area contributed by atoms with Gasteiger partial charge in [0.2, 0.25) is 0 Å². The standard InChI is InChI=1S/C49H46N4O5/c50-45-17-13-40(14-18-45)43-16-20-49(52-28-43)48-19-15-42(27-51-48)39-9-11-41(12-10-39)44-25-46-33-57-31-37-5-1-35(2-6-37)29-55-23-21-54-22-24-56-30-36-3-7-38(8-4-36)32-58-34-47(26-44)53-46/h1-20,25-28H,21-24,29-34,50H2. The van der Waals surface area contributed by atoms with Gasteiger partial charge in [0.05, 0.1) is 88.8 Å². The summed E-state index contributed by atoms with van der Waals surface area (Å²) < 4.78 is 29.6. The van der Waals surface area contributed by atoms with Crippen molar-refractivity contribution in [3.05, 3.63) is 179 Å². The number of benzene rings is 4. The van der Waals surface area contributed by atoms with Crippen LogP contribution in [0.2, 0.25) is 0 Å². The number of ether oxygens (including phenoxy) is 5. The first-order valence-corrected chi connectivity index (χ1v) is 19.5. The Balaban J connectivity index is 0.961. The summed E-state index contributed by atoms with van der Waals surface area (Å²) in [5.41, 5.74) is 20.6. The molecule has 4 aromatic carbocycles. The fourth-order valence-electron chi connectivity index (χ4n) is 6.66. The molecule has 0 atom stereocenters. The largest absolute Gasteiger partial charge is 0.399 e. The molecule has 2 N–H and O–H groups in total. The lowest BCUT2D eigenvalue weighted by Crippen LogP contribution is -2.09. The highest BCUT2D eigenvalue weighted by atomic mass is 16.5. The summed E-state index contributed by atoms with van der Waals surface area (Å²) in [4.78, 5) is 14.4. The summed E-state index contributed by atoms with van der Waals surface area (Å²) in [7, 11) is 0. The zero-order chi connectivity index (χ0) is 39.4. The van der Waals surface area contributed by atoms with Crippen LogP contribution in [0.5, 0.6) is 0 Å². The first-order valence-electron chi connectivity index (χ1n) is 19.5. The van der Waals surface area contributed by atoms with Gasteiger partial charge in [-0.15, -0.1) is 0 Å². The van der Waals surface area contributed by atoms with Crippen molar-refractivity contribution in [3.8, 4) is 44.8 Å². The lowest BCUT2D eigenvalue weighted by atomic mass is 10.0. The SMILES string of the molecule is Nc1ccc(-c2ccc(-c3ccc(-c4ccc(-c5cc6nc(c5)COCc5ccc(cc5)COCCOCCOCc5ccc(cc5)COC6)cc4)cn3)nc2)cc1. The number of nitrogen functional groups attached to an aromatic ring is 1. The predicted molar refractivity (Wildman–Crippen MR) is 226 cm³/mol. The molecule has 0 saturated heterocycles. The van der Waals surface area contributed by atoms with Gasteiger partial charge >= 0.3 is 0 Å². The summed E-state index contributed by atoms with van der Waals surface area (Å²) in [6.45, 7) is 4.84. The molecule has 292 valence electrons. The maximum Gasteiger partial charge on any atom is 0.0892 e. The summed E-state index contributed by atoms with van der Waals surface area (Å²) in [6, 6.07) is 45.3. The van der Waals surface area contributed by atoms with Gasteiger partial charge in [-0.3, -0.25) is 15.0 Å². The van der Waals surface area contributed by atoms with E-state index < -0.39 is 0 Å². The summed E-state index contributed by atoms with van der Waals surface area (Å²) >= 11 is 0. The van der Waals surface area contributed by atoms with Crippen molar-refractivity contribution in [2.24, 2.45) is 0 Å². The minimum atomic E-state index is 0.365. The zero-order valence-corrected chi connectivity index (χ0v) is 32.4. The van der Waals surface area contributed by atoms with Crippen LogP contribution in [0.1, 0.15) is 33.6 Å². The van der Waals surface area contributed by atoms with Crippen LogP contribution in [0.25, 0.3) is 44.8 Å². The quantitative estimate of drug-likeness (QED) is 0.175. The Labute approximate surface area is 339 Å². The number of rotatable bonds is 4. The van der Waals surface area contributed by atoms with Gasteiger partial charge in [0.15, 0.2) is 0 Å². The van der Waals surface area contributed by atoms with Gasteiger partial charge in [0.25, 0.3) is 0 Å². The molecule has 4 aliphatic heterocycles. The molecule has 0 aliphatic carbocycles. The molecule has 0 fully saturated rings. The fraction of sp³-hybridized carbons (Fsp3) is 0.204. The average Bonchev–Trinajstić information content (AvgIpc) is 3.27. The molecule has 9 heteroatoms. The second-order valence-electron chi connectivity index (χ2n) is 14.2. The molecule has 7 aromatic rings. The van der Waals surface area contributed by atoms with Gasteiger partial charge in [-0.05, 0) is 80.9 Å². The van der Waals surface area contributed by atoms with Crippen molar-refractivity contribution in [2.45, 2.75) is 39.6 Å². The maximum atomic E-state index is 6.19. The van der Waals surface area contributed by atoms with Crippen LogP contribution in [0, 0.1) is 0 Å². The van der Waals surface area contributed by atoms with E-state index in [0.717, 1.165) is 84.1 Å². The van der Waals surface area contributed by atoms with E-state index in [9.17, 15) is 0 Å². The Morgan fingerprint density at radius 2 is 0.707 bits per heavy atom. The van der Waals surface area contributed by atoms with Gasteiger partial charge in [-0.1, -0.05) is 97.1 Å². The van der Waals surface area contributed by atoms with Crippen molar-refractivity contribution in [3.63, 3.8) is 0 Å². The normalized spacial score (nSPS) is 14.6. The van der Waals surface area contributed by atoms with Gasteiger partial charge in [-0.2, -0.15) is 0 Å². The van der Waals surface area contributed by atoms with E-state index in [1.54, 1.807) is 0 Å². The Morgan fingerprint density at radius 1 is 0.345 bits per heavy atom. The zero-order valence-electron chi connectivity index (χ0n) is 32.4. The van der Waals surface area contributed by atoms with E-state index in [1.807, 2.05) is 48.8 Å².